The first-order valence-electron chi connectivity index (χ1n) is 7.58. The van der Waals surface area contributed by atoms with Gasteiger partial charge in [0.05, 0.1) is 0 Å². The first-order chi connectivity index (χ1) is 8.91. The Labute approximate surface area is 141 Å². The molecule has 20 heavy (non-hydrogen) atoms. The standard InChI is InChI=1S/C14H30.Mg.H2O4S/c1-3-5-7-9-11-13-14-12-10-8-6-4-2;;1-5(2,3)4/h3-14H2,1-2H3;;(H2,1,2,3,4)/q;+2;/p-2. The summed E-state index contributed by atoms with van der Waals surface area (Å²) in [4.78, 5) is 0. The Hall–Kier alpha value is 0.636. The van der Waals surface area contributed by atoms with Crippen molar-refractivity contribution in [2.45, 2.75) is 90.9 Å². The van der Waals surface area contributed by atoms with E-state index in [0.717, 1.165) is 0 Å². The molecule has 0 aromatic heterocycles. The summed E-state index contributed by atoms with van der Waals surface area (Å²) in [6.07, 6.45) is 17.4. The monoisotopic (exact) mass is 318 g/mol. The zero-order chi connectivity index (χ0) is 15.0. The first-order valence-corrected chi connectivity index (χ1v) is 8.91. The Morgan fingerprint density at radius 2 is 0.750 bits per heavy atom. The molecule has 0 unspecified atom stereocenters. The molecule has 0 aromatic rings. The summed E-state index contributed by atoms with van der Waals surface area (Å²) < 4.78 is 34.1. The van der Waals surface area contributed by atoms with Crippen molar-refractivity contribution in [1.82, 2.24) is 0 Å². The van der Waals surface area contributed by atoms with Gasteiger partial charge in [0, 0.05) is 10.4 Å². The number of unbranched alkanes of at least 4 members (excludes halogenated alkanes) is 11. The minimum Gasteiger partial charge on any atom is -0.759 e. The molecule has 0 N–H and O–H groups in total. The van der Waals surface area contributed by atoms with Crippen LogP contribution in [0.1, 0.15) is 90.9 Å². The molecule has 0 amide bonds. The molecule has 0 fully saturated rings. The van der Waals surface area contributed by atoms with E-state index in [4.69, 9.17) is 17.5 Å². The van der Waals surface area contributed by atoms with Crippen molar-refractivity contribution in [3.05, 3.63) is 0 Å². The zero-order valence-electron chi connectivity index (χ0n) is 13.2. The summed E-state index contributed by atoms with van der Waals surface area (Å²) in [7, 11) is -5.17. The van der Waals surface area contributed by atoms with Gasteiger partial charge in [-0.05, 0) is 0 Å². The smallest absolute Gasteiger partial charge is 0.759 e. The van der Waals surface area contributed by atoms with Crippen LogP contribution in [0.5, 0.6) is 0 Å². The van der Waals surface area contributed by atoms with Crippen LogP contribution in [0.2, 0.25) is 0 Å². The summed E-state index contributed by atoms with van der Waals surface area (Å²) in [5.74, 6) is 0. The fourth-order valence-corrected chi connectivity index (χ4v) is 1.91. The quantitative estimate of drug-likeness (QED) is 0.250. The summed E-state index contributed by atoms with van der Waals surface area (Å²) in [5, 5.41) is 0. The molecule has 0 saturated heterocycles. The predicted molar refractivity (Wildman–Crippen MR) is 83.0 cm³/mol. The molecule has 0 rings (SSSR count). The number of hydrogen-bond donors (Lipinski definition) is 0. The number of hydrogen-bond acceptors (Lipinski definition) is 4. The topological polar surface area (TPSA) is 80.3 Å². The van der Waals surface area contributed by atoms with E-state index in [1.807, 2.05) is 0 Å². The van der Waals surface area contributed by atoms with Crippen LogP contribution >= 0.6 is 0 Å². The maximum Gasteiger partial charge on any atom is 2.00 e. The third kappa shape index (κ3) is 42.8. The van der Waals surface area contributed by atoms with Crippen LogP contribution in [0.3, 0.4) is 0 Å². The van der Waals surface area contributed by atoms with E-state index >= 15 is 0 Å². The Balaban J connectivity index is -0.000000414. The van der Waals surface area contributed by atoms with Gasteiger partial charge in [-0.1, -0.05) is 90.9 Å². The van der Waals surface area contributed by atoms with E-state index in [9.17, 15) is 0 Å². The fourth-order valence-electron chi connectivity index (χ4n) is 1.91. The minimum atomic E-state index is -5.17. The zero-order valence-corrected chi connectivity index (χ0v) is 15.5. The van der Waals surface area contributed by atoms with Crippen LogP contribution in [-0.2, 0) is 10.4 Å². The van der Waals surface area contributed by atoms with Crippen molar-refractivity contribution in [2.24, 2.45) is 0 Å². The third-order valence-corrected chi connectivity index (χ3v) is 2.96. The average Bonchev–Trinajstić information content (AvgIpc) is 2.29. The molecule has 0 atom stereocenters. The fraction of sp³-hybridized carbons (Fsp3) is 1.00. The van der Waals surface area contributed by atoms with Gasteiger partial charge >= 0.3 is 23.1 Å². The summed E-state index contributed by atoms with van der Waals surface area (Å²) in [6, 6.07) is 0. The summed E-state index contributed by atoms with van der Waals surface area (Å²) in [5.41, 5.74) is 0. The van der Waals surface area contributed by atoms with Gasteiger partial charge in [0.2, 0.25) is 0 Å². The van der Waals surface area contributed by atoms with E-state index in [1.54, 1.807) is 0 Å². The van der Waals surface area contributed by atoms with Crippen LogP contribution in [0, 0.1) is 0 Å². The van der Waals surface area contributed by atoms with Crippen molar-refractivity contribution >= 4 is 33.5 Å². The first kappa shape index (κ1) is 25.6. The van der Waals surface area contributed by atoms with E-state index < -0.39 is 10.4 Å². The van der Waals surface area contributed by atoms with Gasteiger partial charge in [0.1, 0.15) is 0 Å². The van der Waals surface area contributed by atoms with Crippen LogP contribution in [0.15, 0.2) is 0 Å². The van der Waals surface area contributed by atoms with Gasteiger partial charge in [-0.3, -0.25) is 8.42 Å². The van der Waals surface area contributed by atoms with Gasteiger partial charge in [-0.15, -0.1) is 0 Å². The molecule has 118 valence electrons. The molecule has 6 heteroatoms. The van der Waals surface area contributed by atoms with Gasteiger partial charge in [-0.2, -0.15) is 0 Å². The predicted octanol–water partition coefficient (Wildman–Crippen LogP) is 3.99. The van der Waals surface area contributed by atoms with Crippen LogP contribution in [-0.4, -0.2) is 40.6 Å². The Bertz CT molecular complexity index is 236. The number of rotatable bonds is 11. The van der Waals surface area contributed by atoms with Crippen molar-refractivity contribution in [3.8, 4) is 0 Å². The van der Waals surface area contributed by atoms with Gasteiger partial charge in [0.25, 0.3) is 0 Å². The Kier molecular flexibility index (Phi) is 25.1. The maximum atomic E-state index is 8.52. The molecule has 0 bridgehead atoms. The van der Waals surface area contributed by atoms with Crippen molar-refractivity contribution < 1.29 is 17.5 Å². The Morgan fingerprint density at radius 3 is 0.900 bits per heavy atom. The van der Waals surface area contributed by atoms with Gasteiger partial charge in [-0.25, -0.2) is 0 Å². The van der Waals surface area contributed by atoms with Gasteiger partial charge in [0.15, 0.2) is 0 Å². The SMILES string of the molecule is CCCCCCCCCCCCCC.O=S(=O)([O-])[O-].[Mg+2]. The largest absolute Gasteiger partial charge is 2.00 e. The van der Waals surface area contributed by atoms with Crippen LogP contribution in [0.4, 0.5) is 0 Å². The van der Waals surface area contributed by atoms with Crippen molar-refractivity contribution in [2.75, 3.05) is 0 Å². The molecule has 4 nitrogen and oxygen atoms in total. The average molecular weight is 319 g/mol. The van der Waals surface area contributed by atoms with Crippen molar-refractivity contribution in [3.63, 3.8) is 0 Å². The molecule has 0 heterocycles. The molecular formula is C14H30MgO4S. The molecule has 0 radical (unpaired) electrons. The van der Waals surface area contributed by atoms with Crippen LogP contribution < -0.4 is 0 Å². The molecule has 0 spiro atoms. The molecule has 0 aliphatic carbocycles. The second kappa shape index (κ2) is 19.6. The van der Waals surface area contributed by atoms with E-state index in [1.165, 1.54) is 77.0 Å². The van der Waals surface area contributed by atoms with E-state index in [0.29, 0.717) is 0 Å². The van der Waals surface area contributed by atoms with Crippen LogP contribution in [0.25, 0.3) is 0 Å². The normalized spacial score (nSPS) is 10.4. The minimum absolute atomic E-state index is 0. The third-order valence-electron chi connectivity index (χ3n) is 2.96. The molecule has 0 saturated carbocycles. The molecule has 0 aliphatic rings. The van der Waals surface area contributed by atoms with Crippen molar-refractivity contribution in [1.29, 1.82) is 0 Å². The summed E-state index contributed by atoms with van der Waals surface area (Å²) in [6.45, 7) is 4.57. The molecular weight excluding hydrogens is 289 g/mol. The Morgan fingerprint density at radius 1 is 0.600 bits per heavy atom. The van der Waals surface area contributed by atoms with E-state index in [2.05, 4.69) is 13.8 Å². The summed E-state index contributed by atoms with van der Waals surface area (Å²) >= 11 is 0. The molecule has 0 aromatic carbocycles. The maximum absolute atomic E-state index is 8.52. The van der Waals surface area contributed by atoms with Gasteiger partial charge < -0.3 is 9.11 Å². The second-order valence-corrected chi connectivity index (χ2v) is 5.76. The molecule has 0 aliphatic heterocycles. The van der Waals surface area contributed by atoms with E-state index in [-0.39, 0.29) is 23.1 Å². The second-order valence-electron chi connectivity index (χ2n) is 4.94.